The summed E-state index contributed by atoms with van der Waals surface area (Å²) in [6.45, 7) is 1.51. The van der Waals surface area contributed by atoms with Crippen molar-refractivity contribution in [2.24, 2.45) is 7.05 Å². The Morgan fingerprint density at radius 1 is 1.04 bits per heavy atom. The summed E-state index contributed by atoms with van der Waals surface area (Å²) in [4.78, 5) is 16.2. The first-order valence-electron chi connectivity index (χ1n) is 8.18. The fourth-order valence-corrected chi connectivity index (χ4v) is 2.56. The normalized spacial score (nSPS) is 10.6. The van der Waals surface area contributed by atoms with Crippen LogP contribution < -0.4 is 5.32 Å². The van der Waals surface area contributed by atoms with E-state index in [1.807, 2.05) is 54.6 Å². The number of rotatable bonds is 7. The zero-order valence-electron chi connectivity index (χ0n) is 14.2. The maximum atomic E-state index is 12.2. The van der Waals surface area contributed by atoms with Crippen LogP contribution in [0.25, 0.3) is 0 Å². The first-order chi connectivity index (χ1) is 12.2. The van der Waals surface area contributed by atoms with Crippen LogP contribution >= 0.6 is 0 Å². The van der Waals surface area contributed by atoms with Crippen LogP contribution in [-0.2, 0) is 31.5 Å². The van der Waals surface area contributed by atoms with Crippen LogP contribution in [-0.4, -0.2) is 15.5 Å². The molecule has 0 spiro atoms. The van der Waals surface area contributed by atoms with Crippen LogP contribution in [0.4, 0.5) is 0 Å². The molecule has 0 saturated heterocycles. The van der Waals surface area contributed by atoms with E-state index >= 15 is 0 Å². The van der Waals surface area contributed by atoms with Gasteiger partial charge in [-0.05, 0) is 16.7 Å². The molecule has 128 valence electrons. The Labute approximate surface area is 147 Å². The Hall–Kier alpha value is -2.92. The summed E-state index contributed by atoms with van der Waals surface area (Å²) in [6.07, 6.45) is 3.36. The largest absolute Gasteiger partial charge is 0.372 e. The minimum atomic E-state index is -0.187. The number of nitrogens with zero attached hydrogens (tertiary/aromatic N) is 2. The molecule has 3 aromatic rings. The van der Waals surface area contributed by atoms with Gasteiger partial charge in [-0.3, -0.25) is 4.79 Å². The molecule has 1 N–H and O–H groups in total. The molecule has 25 heavy (non-hydrogen) atoms. The van der Waals surface area contributed by atoms with Crippen molar-refractivity contribution in [1.82, 2.24) is 14.9 Å². The topological polar surface area (TPSA) is 56.2 Å². The van der Waals surface area contributed by atoms with Crippen LogP contribution in [0.5, 0.6) is 0 Å². The average Bonchev–Trinajstić information content (AvgIpc) is 3.07. The van der Waals surface area contributed by atoms with Gasteiger partial charge in [0.05, 0.1) is 13.2 Å². The molecular weight excluding hydrogens is 314 g/mol. The van der Waals surface area contributed by atoms with E-state index < -0.39 is 0 Å². The summed E-state index contributed by atoms with van der Waals surface area (Å²) < 4.78 is 7.51. The molecule has 0 atom stereocenters. The van der Waals surface area contributed by atoms with Crippen molar-refractivity contribution in [3.8, 4) is 0 Å². The van der Waals surface area contributed by atoms with Crippen LogP contribution in [0.3, 0.4) is 0 Å². The lowest BCUT2D eigenvalue weighted by Crippen LogP contribution is -2.26. The summed E-state index contributed by atoms with van der Waals surface area (Å²) in [7, 11) is 1.80. The fourth-order valence-electron chi connectivity index (χ4n) is 2.56. The van der Waals surface area contributed by atoms with E-state index in [1.165, 1.54) is 0 Å². The second kappa shape index (κ2) is 8.26. The third-order valence-electron chi connectivity index (χ3n) is 3.95. The Balaban J connectivity index is 1.57. The van der Waals surface area contributed by atoms with Crippen molar-refractivity contribution >= 4 is 5.91 Å². The fraction of sp³-hybridized carbons (Fsp3) is 0.200. The minimum absolute atomic E-state index is 0.187. The number of hydrogen-bond donors (Lipinski definition) is 1. The highest BCUT2D eigenvalue weighted by atomic mass is 16.5. The summed E-state index contributed by atoms with van der Waals surface area (Å²) >= 11 is 0. The standard InChI is InChI=1S/C20H21N3O2/c1-23-12-11-21-19(23)20(24)22-13-17-9-5-6-10-18(17)15-25-14-16-7-3-2-4-8-16/h2-12H,13-15H2,1H3,(H,22,24). The van der Waals surface area contributed by atoms with E-state index in [4.69, 9.17) is 4.74 Å². The third-order valence-corrected chi connectivity index (χ3v) is 3.95. The lowest BCUT2D eigenvalue weighted by Gasteiger charge is -2.11. The lowest BCUT2D eigenvalue weighted by atomic mass is 10.1. The number of imidazole rings is 1. The molecule has 0 saturated carbocycles. The smallest absolute Gasteiger partial charge is 0.287 e. The maximum absolute atomic E-state index is 12.2. The zero-order chi connectivity index (χ0) is 17.5. The van der Waals surface area contributed by atoms with E-state index in [0.717, 1.165) is 16.7 Å². The molecule has 2 aromatic carbocycles. The van der Waals surface area contributed by atoms with Gasteiger partial charge in [-0.25, -0.2) is 4.98 Å². The molecule has 1 amide bonds. The van der Waals surface area contributed by atoms with Crippen LogP contribution in [0, 0.1) is 0 Å². The zero-order valence-corrected chi connectivity index (χ0v) is 14.2. The van der Waals surface area contributed by atoms with Crippen molar-refractivity contribution in [2.75, 3.05) is 0 Å². The van der Waals surface area contributed by atoms with E-state index in [-0.39, 0.29) is 5.91 Å². The van der Waals surface area contributed by atoms with Gasteiger partial charge >= 0.3 is 0 Å². The van der Waals surface area contributed by atoms with E-state index in [0.29, 0.717) is 25.6 Å². The molecular formula is C20H21N3O2. The summed E-state index contributed by atoms with van der Waals surface area (Å²) in [5, 5.41) is 2.91. The molecule has 0 fully saturated rings. The molecule has 0 unspecified atom stereocenters. The quantitative estimate of drug-likeness (QED) is 0.722. The van der Waals surface area contributed by atoms with Gasteiger partial charge in [0.15, 0.2) is 5.82 Å². The SMILES string of the molecule is Cn1ccnc1C(=O)NCc1ccccc1COCc1ccccc1. The van der Waals surface area contributed by atoms with Crippen LogP contribution in [0.2, 0.25) is 0 Å². The molecule has 0 aliphatic carbocycles. The molecule has 1 heterocycles. The summed E-state index contributed by atoms with van der Waals surface area (Å²) in [5.41, 5.74) is 3.25. The number of benzene rings is 2. The van der Waals surface area contributed by atoms with Gasteiger partial charge in [0.25, 0.3) is 5.91 Å². The first kappa shape index (κ1) is 16.9. The molecule has 1 aromatic heterocycles. The lowest BCUT2D eigenvalue weighted by molar-refractivity contribution is 0.0934. The Bertz CT molecular complexity index is 828. The number of hydrogen-bond acceptors (Lipinski definition) is 3. The number of aryl methyl sites for hydroxylation is 1. The Morgan fingerprint density at radius 2 is 1.76 bits per heavy atom. The van der Waals surface area contributed by atoms with Gasteiger partial charge in [0.1, 0.15) is 0 Å². The number of carbonyl (C=O) groups is 1. The maximum Gasteiger partial charge on any atom is 0.287 e. The number of aromatic nitrogens is 2. The number of carbonyl (C=O) groups excluding carboxylic acids is 1. The number of amides is 1. The van der Waals surface area contributed by atoms with Crippen molar-refractivity contribution in [3.63, 3.8) is 0 Å². The molecule has 0 bridgehead atoms. The van der Waals surface area contributed by atoms with Gasteiger partial charge in [-0.1, -0.05) is 54.6 Å². The molecule has 5 nitrogen and oxygen atoms in total. The highest BCUT2D eigenvalue weighted by molar-refractivity contribution is 5.90. The summed E-state index contributed by atoms with van der Waals surface area (Å²) in [5.74, 6) is 0.213. The van der Waals surface area contributed by atoms with Gasteiger partial charge < -0.3 is 14.6 Å². The minimum Gasteiger partial charge on any atom is -0.372 e. The highest BCUT2D eigenvalue weighted by Gasteiger charge is 2.11. The van der Waals surface area contributed by atoms with Crippen molar-refractivity contribution in [1.29, 1.82) is 0 Å². The van der Waals surface area contributed by atoms with Gasteiger partial charge in [-0.2, -0.15) is 0 Å². The predicted molar refractivity (Wildman–Crippen MR) is 95.8 cm³/mol. The van der Waals surface area contributed by atoms with Gasteiger partial charge in [0.2, 0.25) is 0 Å². The van der Waals surface area contributed by atoms with Crippen molar-refractivity contribution in [2.45, 2.75) is 19.8 Å². The molecule has 0 aliphatic heterocycles. The first-order valence-corrected chi connectivity index (χ1v) is 8.18. The van der Waals surface area contributed by atoms with Crippen molar-refractivity contribution in [3.05, 3.63) is 89.5 Å². The predicted octanol–water partition coefficient (Wildman–Crippen LogP) is 3.07. The highest BCUT2D eigenvalue weighted by Crippen LogP contribution is 2.12. The molecule has 0 aliphatic rings. The van der Waals surface area contributed by atoms with Crippen molar-refractivity contribution < 1.29 is 9.53 Å². The molecule has 3 rings (SSSR count). The summed E-state index contributed by atoms with van der Waals surface area (Å²) in [6, 6.07) is 18.0. The van der Waals surface area contributed by atoms with Crippen LogP contribution in [0.1, 0.15) is 27.3 Å². The van der Waals surface area contributed by atoms with Crippen LogP contribution in [0.15, 0.2) is 67.0 Å². The third kappa shape index (κ3) is 4.55. The second-order valence-corrected chi connectivity index (χ2v) is 5.79. The van der Waals surface area contributed by atoms with E-state index in [2.05, 4.69) is 10.3 Å². The Kier molecular flexibility index (Phi) is 5.59. The average molecular weight is 335 g/mol. The van der Waals surface area contributed by atoms with Gasteiger partial charge in [-0.15, -0.1) is 0 Å². The van der Waals surface area contributed by atoms with Gasteiger partial charge in [0, 0.05) is 26.0 Å². The Morgan fingerprint density at radius 3 is 2.48 bits per heavy atom. The van der Waals surface area contributed by atoms with E-state index in [1.54, 1.807) is 24.0 Å². The number of ether oxygens (including phenoxy) is 1. The monoisotopic (exact) mass is 335 g/mol. The number of nitrogens with one attached hydrogen (secondary N) is 1. The second-order valence-electron chi connectivity index (χ2n) is 5.79. The van der Waals surface area contributed by atoms with E-state index in [9.17, 15) is 4.79 Å². The molecule has 0 radical (unpaired) electrons. The molecule has 5 heteroatoms.